The number of hydrogen-bond acceptors (Lipinski definition) is 4. The van der Waals surface area contributed by atoms with E-state index >= 15 is 0 Å². The van der Waals surface area contributed by atoms with Gasteiger partial charge in [-0.05, 0) is 35.9 Å². The Kier molecular flexibility index (Phi) is 8.29. The lowest BCUT2D eigenvalue weighted by molar-refractivity contribution is -0.148. The maximum Gasteiger partial charge on any atom is 0.308 e. The Balaban J connectivity index is 1.92. The number of nitrogens with one attached hydrogen (secondary N) is 2. The summed E-state index contributed by atoms with van der Waals surface area (Å²) in [5.41, 5.74) is 1.10. The van der Waals surface area contributed by atoms with E-state index in [1.165, 1.54) is 6.92 Å². The molecule has 0 saturated heterocycles. The SMILES string of the molecule is CC(=O)NC(CC(=O)OCC(=O)Nc1ccc(Br)cc1Cl)c1ccc(Cl)cc1. The highest BCUT2D eigenvalue weighted by atomic mass is 79.9. The molecule has 0 aliphatic carbocycles. The number of anilines is 1. The van der Waals surface area contributed by atoms with Crippen LogP contribution in [-0.4, -0.2) is 24.4 Å². The second kappa shape index (κ2) is 10.5. The summed E-state index contributed by atoms with van der Waals surface area (Å²) in [6.45, 7) is 0.877. The van der Waals surface area contributed by atoms with Crippen LogP contribution in [0.2, 0.25) is 10.0 Å². The molecule has 0 aromatic heterocycles. The molecule has 28 heavy (non-hydrogen) atoms. The number of esters is 1. The van der Waals surface area contributed by atoms with Crippen molar-refractivity contribution in [1.82, 2.24) is 5.32 Å². The predicted octanol–water partition coefficient (Wildman–Crippen LogP) is 4.51. The van der Waals surface area contributed by atoms with Gasteiger partial charge in [-0.3, -0.25) is 14.4 Å². The fourth-order valence-corrected chi connectivity index (χ4v) is 3.19. The summed E-state index contributed by atoms with van der Waals surface area (Å²) in [5.74, 6) is -1.46. The first-order valence-corrected chi connectivity index (χ1v) is 9.72. The maximum absolute atomic E-state index is 12.1. The minimum absolute atomic E-state index is 0.131. The summed E-state index contributed by atoms with van der Waals surface area (Å²) < 4.78 is 5.79. The van der Waals surface area contributed by atoms with Gasteiger partial charge >= 0.3 is 5.97 Å². The number of carbonyl (C=O) groups is 3. The van der Waals surface area contributed by atoms with Crippen LogP contribution in [0.15, 0.2) is 46.9 Å². The molecule has 9 heteroatoms. The van der Waals surface area contributed by atoms with E-state index in [9.17, 15) is 14.4 Å². The monoisotopic (exact) mass is 486 g/mol. The zero-order chi connectivity index (χ0) is 20.7. The summed E-state index contributed by atoms with van der Waals surface area (Å²) in [6, 6.07) is 11.1. The molecule has 0 saturated carbocycles. The van der Waals surface area contributed by atoms with Crippen molar-refractivity contribution >= 4 is 62.6 Å². The van der Waals surface area contributed by atoms with Crippen molar-refractivity contribution < 1.29 is 19.1 Å². The quantitative estimate of drug-likeness (QED) is 0.563. The van der Waals surface area contributed by atoms with Gasteiger partial charge in [0.2, 0.25) is 5.91 Å². The highest BCUT2D eigenvalue weighted by Gasteiger charge is 2.19. The number of rotatable bonds is 7. The van der Waals surface area contributed by atoms with Crippen molar-refractivity contribution in [3.63, 3.8) is 0 Å². The summed E-state index contributed by atoms with van der Waals surface area (Å²) in [5, 5.41) is 6.13. The highest BCUT2D eigenvalue weighted by molar-refractivity contribution is 9.10. The Hall–Kier alpha value is -2.09. The topological polar surface area (TPSA) is 84.5 Å². The first-order valence-electron chi connectivity index (χ1n) is 8.17. The number of benzene rings is 2. The van der Waals surface area contributed by atoms with Gasteiger partial charge in [0.1, 0.15) is 0 Å². The summed E-state index contributed by atoms with van der Waals surface area (Å²) in [6.07, 6.45) is -0.131. The van der Waals surface area contributed by atoms with Crippen molar-refractivity contribution in [2.75, 3.05) is 11.9 Å². The van der Waals surface area contributed by atoms with Gasteiger partial charge < -0.3 is 15.4 Å². The van der Waals surface area contributed by atoms with Crippen molar-refractivity contribution in [3.05, 3.63) is 62.5 Å². The lowest BCUT2D eigenvalue weighted by Gasteiger charge is -2.17. The first kappa shape index (κ1) is 22.2. The third-order valence-corrected chi connectivity index (χ3v) is 4.65. The molecule has 148 valence electrons. The van der Waals surface area contributed by atoms with E-state index in [2.05, 4.69) is 26.6 Å². The summed E-state index contributed by atoms with van der Waals surface area (Å²) in [7, 11) is 0. The van der Waals surface area contributed by atoms with Crippen molar-refractivity contribution in [2.45, 2.75) is 19.4 Å². The fraction of sp³-hybridized carbons (Fsp3) is 0.211. The molecule has 0 bridgehead atoms. The van der Waals surface area contributed by atoms with Gasteiger partial charge in [0, 0.05) is 16.4 Å². The van der Waals surface area contributed by atoms with Crippen molar-refractivity contribution in [2.24, 2.45) is 0 Å². The lowest BCUT2D eigenvalue weighted by atomic mass is 10.0. The molecular formula is C19H17BrCl2N2O4. The maximum atomic E-state index is 12.1. The average Bonchev–Trinajstić information content (AvgIpc) is 2.62. The molecule has 2 aromatic carbocycles. The molecular weight excluding hydrogens is 471 g/mol. The number of hydrogen-bond donors (Lipinski definition) is 2. The van der Waals surface area contributed by atoms with E-state index in [1.807, 2.05) is 0 Å². The van der Waals surface area contributed by atoms with E-state index in [-0.39, 0.29) is 12.3 Å². The van der Waals surface area contributed by atoms with E-state index in [1.54, 1.807) is 42.5 Å². The summed E-state index contributed by atoms with van der Waals surface area (Å²) in [4.78, 5) is 35.5. The lowest BCUT2D eigenvalue weighted by Crippen LogP contribution is -2.29. The largest absolute Gasteiger partial charge is 0.455 e. The Morgan fingerprint density at radius 1 is 1.11 bits per heavy atom. The minimum atomic E-state index is -0.634. The molecule has 1 unspecified atom stereocenters. The molecule has 0 aliphatic heterocycles. The zero-order valence-corrected chi connectivity index (χ0v) is 17.9. The van der Waals surface area contributed by atoms with Crippen LogP contribution in [0.25, 0.3) is 0 Å². The van der Waals surface area contributed by atoms with Crippen LogP contribution in [-0.2, 0) is 19.1 Å². The predicted molar refractivity (Wildman–Crippen MR) is 111 cm³/mol. The molecule has 0 fully saturated rings. The number of amides is 2. The minimum Gasteiger partial charge on any atom is -0.455 e. The van der Waals surface area contributed by atoms with Crippen LogP contribution >= 0.6 is 39.1 Å². The van der Waals surface area contributed by atoms with Crippen LogP contribution in [0, 0.1) is 0 Å². The van der Waals surface area contributed by atoms with Gasteiger partial charge in [0.05, 0.1) is 23.2 Å². The Morgan fingerprint density at radius 2 is 1.79 bits per heavy atom. The smallest absolute Gasteiger partial charge is 0.308 e. The van der Waals surface area contributed by atoms with E-state index in [0.29, 0.717) is 21.3 Å². The zero-order valence-electron chi connectivity index (χ0n) is 14.8. The second-order valence-corrected chi connectivity index (χ2v) is 7.60. The fourth-order valence-electron chi connectivity index (χ4n) is 2.34. The van der Waals surface area contributed by atoms with Gasteiger partial charge in [0.15, 0.2) is 6.61 Å². The second-order valence-electron chi connectivity index (χ2n) is 5.84. The molecule has 0 aliphatic rings. The van der Waals surface area contributed by atoms with Crippen LogP contribution in [0.3, 0.4) is 0 Å². The van der Waals surface area contributed by atoms with Crippen LogP contribution in [0.4, 0.5) is 5.69 Å². The third-order valence-electron chi connectivity index (χ3n) is 3.59. The highest BCUT2D eigenvalue weighted by Crippen LogP contribution is 2.25. The van der Waals surface area contributed by atoms with Crippen LogP contribution < -0.4 is 10.6 Å². The Labute approximate surface area is 180 Å². The van der Waals surface area contributed by atoms with Gasteiger partial charge in [-0.1, -0.05) is 51.3 Å². The standard InChI is InChI=1S/C19H17BrCl2N2O4/c1-11(25)23-17(12-2-5-14(21)6-3-12)9-19(27)28-10-18(26)24-16-7-4-13(20)8-15(16)22/h2-8,17H,9-10H2,1H3,(H,23,25)(H,24,26). The molecule has 2 amide bonds. The molecule has 2 N–H and O–H groups in total. The van der Waals surface area contributed by atoms with Gasteiger partial charge in [-0.15, -0.1) is 0 Å². The van der Waals surface area contributed by atoms with Gasteiger partial charge in [-0.2, -0.15) is 0 Å². The molecule has 6 nitrogen and oxygen atoms in total. The molecule has 0 radical (unpaired) electrons. The van der Waals surface area contributed by atoms with Crippen LogP contribution in [0.1, 0.15) is 24.9 Å². The van der Waals surface area contributed by atoms with Crippen molar-refractivity contribution in [1.29, 1.82) is 0 Å². The first-order chi connectivity index (χ1) is 13.2. The molecule has 2 rings (SSSR count). The molecule has 0 heterocycles. The average molecular weight is 488 g/mol. The number of ether oxygens (including phenoxy) is 1. The molecule has 2 aromatic rings. The summed E-state index contributed by atoms with van der Waals surface area (Å²) >= 11 is 15.2. The van der Waals surface area contributed by atoms with Gasteiger partial charge in [0.25, 0.3) is 5.91 Å². The van der Waals surface area contributed by atoms with E-state index < -0.39 is 24.5 Å². The third kappa shape index (κ3) is 7.14. The Bertz CT molecular complexity index is 875. The van der Waals surface area contributed by atoms with Crippen molar-refractivity contribution in [3.8, 4) is 0 Å². The molecule has 0 spiro atoms. The van der Waals surface area contributed by atoms with E-state index in [0.717, 1.165) is 4.47 Å². The Morgan fingerprint density at radius 3 is 2.39 bits per heavy atom. The number of halogens is 3. The van der Waals surface area contributed by atoms with E-state index in [4.69, 9.17) is 27.9 Å². The van der Waals surface area contributed by atoms with Crippen LogP contribution in [0.5, 0.6) is 0 Å². The normalized spacial score (nSPS) is 11.4. The van der Waals surface area contributed by atoms with Gasteiger partial charge in [-0.25, -0.2) is 0 Å². The molecule has 1 atom stereocenters. The number of carbonyl (C=O) groups excluding carboxylic acids is 3.